The fourth-order valence-electron chi connectivity index (χ4n) is 3.46. The number of nitrogens with one attached hydrogen (secondary N) is 1. The zero-order valence-electron chi connectivity index (χ0n) is 14.9. The quantitative estimate of drug-likeness (QED) is 0.519. The summed E-state index contributed by atoms with van der Waals surface area (Å²) in [7, 11) is 0. The molecule has 154 valence electrons. The lowest BCUT2D eigenvalue weighted by Gasteiger charge is -2.28. The number of benzene rings is 3. The number of hydrogen-bond acceptors (Lipinski definition) is 3. The van der Waals surface area contributed by atoms with E-state index in [-0.39, 0.29) is 16.3 Å². The number of alkyl halides is 3. The van der Waals surface area contributed by atoms with Gasteiger partial charge in [0.15, 0.2) is 0 Å². The van der Waals surface area contributed by atoms with Crippen molar-refractivity contribution in [3.05, 3.63) is 88.2 Å². The van der Waals surface area contributed by atoms with E-state index in [2.05, 4.69) is 5.48 Å². The van der Waals surface area contributed by atoms with Crippen LogP contribution in [0.1, 0.15) is 21.5 Å². The lowest BCUT2D eigenvalue weighted by molar-refractivity contribution is -0.269. The van der Waals surface area contributed by atoms with Gasteiger partial charge >= 0.3 is 12.1 Å². The van der Waals surface area contributed by atoms with Crippen molar-refractivity contribution in [1.29, 1.82) is 0 Å². The topological polar surface area (TPSA) is 58.6 Å². The van der Waals surface area contributed by atoms with E-state index in [9.17, 15) is 27.5 Å². The smallest absolute Gasteiger partial charge is 0.428 e. The molecule has 9 heteroatoms. The molecular formula is C21H12ClF4NO3. The molecule has 1 atom stereocenters. The van der Waals surface area contributed by atoms with Crippen LogP contribution in [0, 0.1) is 5.82 Å². The molecule has 4 nitrogen and oxygen atoms in total. The SMILES string of the molecule is O=C(O)c1ccc(C2=CC(c3cc(F)cc(Cl)c3)(C(F)(F)F)ON2)c2ccccc12. The lowest BCUT2D eigenvalue weighted by Crippen LogP contribution is -2.42. The minimum absolute atomic E-state index is 0.00728. The molecule has 1 aliphatic rings. The number of rotatable bonds is 3. The lowest BCUT2D eigenvalue weighted by atomic mass is 9.90. The molecule has 0 aromatic heterocycles. The van der Waals surface area contributed by atoms with Crippen molar-refractivity contribution >= 4 is 34.0 Å². The molecule has 0 spiro atoms. The Labute approximate surface area is 172 Å². The highest BCUT2D eigenvalue weighted by Crippen LogP contribution is 2.48. The van der Waals surface area contributed by atoms with Crippen LogP contribution in [0.5, 0.6) is 0 Å². The standard InChI is InChI=1S/C21H12ClF4NO3/c22-12-7-11(8-13(23)9-12)20(21(24,25)26)10-18(27-30-20)16-5-6-17(19(28)29)15-4-2-1-3-14(15)16/h1-10,27H,(H,28,29). The van der Waals surface area contributed by atoms with Gasteiger partial charge in [0.05, 0.1) is 11.3 Å². The first-order valence-corrected chi connectivity index (χ1v) is 8.96. The summed E-state index contributed by atoms with van der Waals surface area (Å²) in [4.78, 5) is 16.5. The van der Waals surface area contributed by atoms with Crippen molar-refractivity contribution in [2.75, 3.05) is 0 Å². The van der Waals surface area contributed by atoms with Gasteiger partial charge in [-0.1, -0.05) is 41.9 Å². The molecule has 0 saturated carbocycles. The van der Waals surface area contributed by atoms with Gasteiger partial charge in [0, 0.05) is 16.1 Å². The molecular weight excluding hydrogens is 426 g/mol. The molecule has 0 saturated heterocycles. The van der Waals surface area contributed by atoms with Crippen molar-refractivity contribution in [2.24, 2.45) is 0 Å². The van der Waals surface area contributed by atoms with Crippen molar-refractivity contribution in [3.8, 4) is 0 Å². The van der Waals surface area contributed by atoms with Crippen LogP contribution in [0.4, 0.5) is 17.6 Å². The average Bonchev–Trinajstić information content (AvgIpc) is 3.13. The van der Waals surface area contributed by atoms with Gasteiger partial charge in [0.25, 0.3) is 0 Å². The van der Waals surface area contributed by atoms with Gasteiger partial charge in [-0.3, -0.25) is 10.3 Å². The number of carboxylic acids is 1. The Morgan fingerprint density at radius 3 is 2.40 bits per heavy atom. The van der Waals surface area contributed by atoms with E-state index >= 15 is 0 Å². The summed E-state index contributed by atoms with van der Waals surface area (Å²) in [6, 6.07) is 11.7. The second-order valence-corrected chi connectivity index (χ2v) is 7.10. The Balaban J connectivity index is 1.94. The number of hydrogen-bond donors (Lipinski definition) is 2. The van der Waals surface area contributed by atoms with Crippen LogP contribution >= 0.6 is 11.6 Å². The second kappa shape index (κ2) is 7.00. The maximum Gasteiger partial charge on any atom is 0.428 e. The van der Waals surface area contributed by atoms with E-state index in [4.69, 9.17) is 16.4 Å². The number of carboxylic acid groups (broad SMARTS) is 1. The molecule has 3 aromatic rings. The number of carbonyl (C=O) groups is 1. The Kier molecular flexibility index (Phi) is 4.71. The molecule has 0 aliphatic carbocycles. The normalized spacial score (nSPS) is 18.9. The Morgan fingerprint density at radius 1 is 1.07 bits per heavy atom. The van der Waals surface area contributed by atoms with Gasteiger partial charge < -0.3 is 5.11 Å². The van der Waals surface area contributed by atoms with E-state index in [1.165, 1.54) is 12.1 Å². The third kappa shape index (κ3) is 3.18. The average molecular weight is 438 g/mol. The van der Waals surface area contributed by atoms with Crippen molar-refractivity contribution in [1.82, 2.24) is 5.48 Å². The zero-order valence-corrected chi connectivity index (χ0v) is 15.7. The summed E-state index contributed by atoms with van der Waals surface area (Å²) in [5, 5.41) is 9.93. The van der Waals surface area contributed by atoms with Crippen LogP contribution in [0.2, 0.25) is 5.02 Å². The van der Waals surface area contributed by atoms with Crippen molar-refractivity contribution < 1.29 is 32.3 Å². The largest absolute Gasteiger partial charge is 0.478 e. The summed E-state index contributed by atoms with van der Waals surface area (Å²) >= 11 is 5.76. The first-order valence-electron chi connectivity index (χ1n) is 8.58. The van der Waals surface area contributed by atoms with Crippen LogP contribution < -0.4 is 5.48 Å². The van der Waals surface area contributed by atoms with Crippen LogP contribution in [0.3, 0.4) is 0 Å². The summed E-state index contributed by atoms with van der Waals surface area (Å²) in [6.07, 6.45) is -4.16. The molecule has 0 fully saturated rings. The Hall–Kier alpha value is -3.10. The number of fused-ring (bicyclic) bond motifs is 1. The van der Waals surface area contributed by atoms with E-state index in [1.807, 2.05) is 0 Å². The number of aromatic carboxylic acids is 1. The van der Waals surface area contributed by atoms with Gasteiger partial charge in [-0.25, -0.2) is 9.18 Å². The highest BCUT2D eigenvalue weighted by atomic mass is 35.5. The first kappa shape index (κ1) is 20.2. The second-order valence-electron chi connectivity index (χ2n) is 6.67. The van der Waals surface area contributed by atoms with Gasteiger partial charge in [-0.15, -0.1) is 0 Å². The summed E-state index contributed by atoms with van der Waals surface area (Å²) < 4.78 is 56.0. The van der Waals surface area contributed by atoms with Gasteiger partial charge in [0.2, 0.25) is 5.60 Å². The van der Waals surface area contributed by atoms with Crippen LogP contribution in [0.15, 0.2) is 60.7 Å². The molecule has 1 heterocycles. The van der Waals surface area contributed by atoms with Crippen molar-refractivity contribution in [2.45, 2.75) is 11.8 Å². The zero-order chi connectivity index (χ0) is 21.7. The van der Waals surface area contributed by atoms with Crippen LogP contribution in [0.25, 0.3) is 16.5 Å². The molecule has 0 bridgehead atoms. The number of halogens is 5. The van der Waals surface area contributed by atoms with E-state index in [1.54, 1.807) is 24.3 Å². The fraction of sp³-hybridized carbons (Fsp3) is 0.0952. The fourth-order valence-corrected chi connectivity index (χ4v) is 3.69. The van der Waals surface area contributed by atoms with Crippen LogP contribution in [-0.2, 0) is 10.4 Å². The molecule has 1 aliphatic heterocycles. The molecule has 30 heavy (non-hydrogen) atoms. The predicted octanol–water partition coefficient (Wildman–Crippen LogP) is 5.66. The summed E-state index contributed by atoms with van der Waals surface area (Å²) in [6.45, 7) is 0. The van der Waals surface area contributed by atoms with E-state index in [0.717, 1.165) is 18.2 Å². The minimum Gasteiger partial charge on any atom is -0.478 e. The third-order valence-corrected chi connectivity index (χ3v) is 5.04. The van der Waals surface area contributed by atoms with Gasteiger partial charge in [-0.05, 0) is 41.1 Å². The van der Waals surface area contributed by atoms with Gasteiger partial charge in [-0.2, -0.15) is 13.2 Å². The molecule has 3 aromatic carbocycles. The monoisotopic (exact) mass is 437 g/mol. The molecule has 4 rings (SSSR count). The maximum atomic E-state index is 14.1. The molecule has 2 N–H and O–H groups in total. The molecule has 0 radical (unpaired) electrons. The third-order valence-electron chi connectivity index (χ3n) is 4.83. The molecule has 1 unspecified atom stereocenters. The highest BCUT2D eigenvalue weighted by molar-refractivity contribution is 6.30. The molecule has 0 amide bonds. The Morgan fingerprint density at radius 2 is 1.77 bits per heavy atom. The Bertz CT molecular complexity index is 1190. The maximum absolute atomic E-state index is 14.1. The highest BCUT2D eigenvalue weighted by Gasteiger charge is 2.59. The van der Waals surface area contributed by atoms with Gasteiger partial charge in [0.1, 0.15) is 5.82 Å². The predicted molar refractivity (Wildman–Crippen MR) is 102 cm³/mol. The summed E-state index contributed by atoms with van der Waals surface area (Å²) in [5.41, 5.74) is -0.980. The van der Waals surface area contributed by atoms with E-state index < -0.39 is 29.1 Å². The number of hydroxylamine groups is 1. The minimum atomic E-state index is -4.95. The van der Waals surface area contributed by atoms with Crippen LogP contribution in [-0.4, -0.2) is 17.3 Å². The van der Waals surface area contributed by atoms with Crippen molar-refractivity contribution in [3.63, 3.8) is 0 Å². The first-order chi connectivity index (χ1) is 14.1. The summed E-state index contributed by atoms with van der Waals surface area (Å²) in [5.74, 6) is -2.11. The van der Waals surface area contributed by atoms with E-state index in [0.29, 0.717) is 22.4 Å².